The molecule has 1 fully saturated rings. The molecule has 148 heavy (non-hydrogen) atoms. The highest BCUT2D eigenvalue weighted by Gasteiger charge is 2.43. The highest BCUT2D eigenvalue weighted by atomic mass is 32.2. The summed E-state index contributed by atoms with van der Waals surface area (Å²) in [5, 5.41) is 21.6. The number of hydrogen-bond acceptors (Lipinski definition) is 19. The summed E-state index contributed by atoms with van der Waals surface area (Å²) in [5.41, 5.74) is 18.4. The molecule has 7 aromatic carbocycles. The van der Waals surface area contributed by atoms with Crippen LogP contribution in [0.1, 0.15) is 355 Å². The third-order valence-electron chi connectivity index (χ3n) is 25.9. The number of fused-ring (bicyclic) bond motifs is 1. The number of ether oxygens (including phenoxy) is 4. The molecule has 9 rings (SSSR count). The number of phosphoric acid groups is 1. The first-order valence-electron chi connectivity index (χ1n) is 54.6. The number of hydrogen-bond donors (Lipinski definition) is 8. The van der Waals surface area contributed by atoms with Gasteiger partial charge in [0, 0.05) is 80.7 Å². The number of aromatic nitrogens is 1. The van der Waals surface area contributed by atoms with Crippen LogP contribution >= 0.6 is 27.8 Å². The highest BCUT2D eigenvalue weighted by Crippen LogP contribution is 2.53. The summed E-state index contributed by atoms with van der Waals surface area (Å²) < 4.78 is 82.1. The molecule has 1 saturated carbocycles. The average Bonchev–Trinajstić information content (AvgIpc) is 1.59. The molecular formula is C118H176F2N4O21P2S+2. The Balaban J connectivity index is 0.000000328. The van der Waals surface area contributed by atoms with E-state index in [0.29, 0.717) is 54.8 Å². The standard InChI is InChI=1S/C31H37NO3S.C26H22N2O5.C24H42O.C23H47O5P.C14H27F2NO7P/c33-30(16-10-2-1-5-11-25-12-6-3-7-13-25)32-28(19-22-31(34)35)24-36-29-20-17-27(18-21-29)23-26-14-8-4-9-15-26;1-16-23(25(31)26(27)32)24-20(12-7-13-21(24)33-15-22(29)30)28(16)14-18-10-5-6-11-19(18)17-8-3-2-4-9-17;1-3-5-6-7-8-9-10-11-12-13-14-15-16-19-22-25-24-21-18-17-20-23(24)4-2;1-3-4-5-6-7-8-9-10-11-12-13-14-15-18-21-27-22-19-16-17-20-23(22)28-29(24,25)26-2;1-3-5-13(19)22-9-11(8-12(18)14(15,16)4-2)10-24-25(20,21)23-7-6-17/h3-4,6-9,12-15,17-18,20-21,28H,1-2,5,10-11,16,19,22-24H2,(H,32,33)(H,34,35);2-13H,14-15H2,1H3,(H2,27,32)(H,29,30);17-18,20-21H,3-16,19,22H2,1-2H3;22-23H,3-21H2,1-2H3,(H,24,25);11,20-21H,3-10,17H2,1-2H3/q;;;;+1/p+1/t28-;;;22-,23?;/m0..1./s1. The first-order chi connectivity index (χ1) is 71.5. The van der Waals surface area contributed by atoms with Gasteiger partial charge in [0.25, 0.3) is 11.7 Å². The van der Waals surface area contributed by atoms with Crippen molar-refractivity contribution in [2.45, 2.75) is 373 Å². The van der Waals surface area contributed by atoms with Crippen molar-refractivity contribution in [2.24, 2.45) is 11.7 Å². The molecule has 1 aromatic heterocycles. The number of carbonyl (C=O) groups excluding carboxylic acids is 5. The Morgan fingerprint density at radius 1 is 0.547 bits per heavy atom. The van der Waals surface area contributed by atoms with Gasteiger partial charge in [-0.2, -0.15) is 23.1 Å². The predicted octanol–water partition coefficient (Wildman–Crippen LogP) is 27.3. The molecular weight excluding hydrogens is 1940 g/mol. The number of aryl methyl sites for hydroxylation is 2. The quantitative estimate of drug-likeness (QED) is 0.00438. The molecule has 1 aliphatic carbocycles. The monoisotopic (exact) mass is 2120 g/mol. The van der Waals surface area contributed by atoms with Gasteiger partial charge in [-0.15, -0.1) is 16.3 Å². The number of carboxylic acids is 2. The van der Waals surface area contributed by atoms with Crippen molar-refractivity contribution in [3.05, 3.63) is 221 Å². The minimum absolute atomic E-state index is 0.0206. The van der Waals surface area contributed by atoms with Crippen molar-refractivity contribution in [1.82, 2.24) is 9.88 Å². The number of nitrogens with zero attached hydrogens (tertiary/aromatic N) is 1. The molecule has 11 N–H and O–H groups in total. The number of aliphatic carboxylic acids is 2. The third kappa shape index (κ3) is 56.3. The molecule has 1 aliphatic rings. The second-order valence-electron chi connectivity index (χ2n) is 38.3. The third-order valence-corrected chi connectivity index (χ3v) is 29.1. The topological polar surface area (TPSA) is 382 Å². The number of esters is 1. The van der Waals surface area contributed by atoms with E-state index >= 15 is 0 Å². The Kier molecular flexibility index (Phi) is 68.2. The van der Waals surface area contributed by atoms with E-state index in [9.17, 15) is 61.6 Å². The number of Topliss-reactive ketones (excluding diaryl/α,β-unsaturated/α-hetero) is 2. The van der Waals surface area contributed by atoms with Crippen molar-refractivity contribution in [1.29, 1.82) is 0 Å². The molecule has 25 nitrogen and oxygen atoms in total. The number of ketones is 2. The Morgan fingerprint density at radius 3 is 1.61 bits per heavy atom. The van der Waals surface area contributed by atoms with Gasteiger partial charge < -0.3 is 55.4 Å². The normalized spacial score (nSPS) is 13.7. The number of alkyl halides is 2. The molecule has 2 amide bonds. The van der Waals surface area contributed by atoms with Crippen LogP contribution in [0.4, 0.5) is 8.78 Å². The van der Waals surface area contributed by atoms with Gasteiger partial charge in [-0.05, 0) is 147 Å². The van der Waals surface area contributed by atoms with Gasteiger partial charge in [0.15, 0.2) is 6.61 Å². The number of phosphoric ester groups is 1. The number of nitrogens with two attached hydrogens (primary N) is 1. The zero-order chi connectivity index (χ0) is 108. The molecule has 0 aliphatic heterocycles. The zero-order valence-corrected chi connectivity index (χ0v) is 92.2. The number of rotatable bonds is 74. The average molecular weight is 2120 g/mol. The number of benzene rings is 7. The summed E-state index contributed by atoms with van der Waals surface area (Å²) in [6.07, 6.45) is 49.4. The van der Waals surface area contributed by atoms with Crippen molar-refractivity contribution in [3.8, 4) is 22.6 Å². The molecule has 0 radical (unpaired) electrons. The van der Waals surface area contributed by atoms with Crippen molar-refractivity contribution >= 4 is 79.9 Å². The molecule has 0 spiro atoms. The number of carbonyl (C=O) groups is 7. The lowest BCUT2D eigenvalue weighted by molar-refractivity contribution is -0.371. The Hall–Kier alpha value is -9.12. The maximum atomic E-state index is 13.4. The van der Waals surface area contributed by atoms with Crippen LogP contribution in [0.25, 0.3) is 22.0 Å². The molecule has 8 aromatic rings. The van der Waals surface area contributed by atoms with Crippen LogP contribution in [0.3, 0.4) is 0 Å². The molecule has 0 saturated heterocycles. The van der Waals surface area contributed by atoms with Crippen LogP contribution in [-0.4, -0.2) is 154 Å². The number of amides is 2. The number of carboxylic acid groups (broad SMARTS) is 2. The SMILES string of the molecule is CCCC(=O)OCC(CO[P+](O)(O)OCC[NH3+])CC(=O)C(F)(F)CC.CCCCCCCCCCCCCCCCO[C@@H]1CCCCC1OP(=O)(O)OC.CCCCCCCCCCCCCCCCOc1ccccc1CC.Cc1c(C(=O)C(N)=O)c2c(OCC(=O)O)cccc2n1Cc1ccccc1-c1ccccc1.O=C(O)CC[C@@H](CSc1ccc(Cc2ccccc2)cc1)NC(=O)CCCCCCc1ccccc1. The lowest BCUT2D eigenvalue weighted by atomic mass is 9.95. The maximum Gasteiger partial charge on any atom is 0.570 e. The van der Waals surface area contributed by atoms with E-state index in [1.807, 2.05) is 71.3 Å². The summed E-state index contributed by atoms with van der Waals surface area (Å²) in [7, 11) is -6.87. The van der Waals surface area contributed by atoms with E-state index in [1.165, 1.54) is 210 Å². The minimum Gasteiger partial charge on any atom is -0.493 e. The van der Waals surface area contributed by atoms with E-state index in [0.717, 1.165) is 111 Å². The van der Waals surface area contributed by atoms with E-state index in [-0.39, 0.29) is 68.1 Å². The molecule has 0 bridgehead atoms. The van der Waals surface area contributed by atoms with Crippen LogP contribution in [-0.2, 0) is 86.7 Å². The first kappa shape index (κ1) is 129. The first-order valence-corrected chi connectivity index (χ1v) is 58.7. The molecule has 822 valence electrons. The number of unbranched alkanes of at least 4 members (excludes halogenated alkanes) is 29. The Labute approximate surface area is 886 Å². The smallest absolute Gasteiger partial charge is 0.493 e. The lowest BCUT2D eigenvalue weighted by Crippen LogP contribution is -2.52. The van der Waals surface area contributed by atoms with Gasteiger partial charge in [0.1, 0.15) is 31.3 Å². The van der Waals surface area contributed by atoms with Crippen LogP contribution in [0.15, 0.2) is 187 Å². The number of halogens is 2. The van der Waals surface area contributed by atoms with E-state index in [4.69, 9.17) is 43.9 Å². The summed E-state index contributed by atoms with van der Waals surface area (Å²) in [5.74, 6) is -8.26. The summed E-state index contributed by atoms with van der Waals surface area (Å²) in [6, 6.07) is 60.6. The number of para-hydroxylation sites is 1. The van der Waals surface area contributed by atoms with Crippen LogP contribution in [0, 0.1) is 12.8 Å². The van der Waals surface area contributed by atoms with E-state index < -0.39 is 89.3 Å². The molecule has 3 unspecified atom stereocenters. The number of primary amides is 1. The minimum atomic E-state index is -4.14. The second kappa shape index (κ2) is 78.1. The molecule has 30 heteroatoms. The molecule has 5 atom stereocenters. The van der Waals surface area contributed by atoms with Gasteiger partial charge in [0.05, 0.1) is 41.9 Å². The Morgan fingerprint density at radius 2 is 1.06 bits per heavy atom. The lowest BCUT2D eigenvalue weighted by Gasteiger charge is -2.31. The van der Waals surface area contributed by atoms with Gasteiger partial charge in [-0.3, -0.25) is 37.8 Å². The fourth-order valence-electron chi connectivity index (χ4n) is 17.4. The van der Waals surface area contributed by atoms with Crippen LogP contribution in [0.2, 0.25) is 0 Å². The predicted molar refractivity (Wildman–Crippen MR) is 590 cm³/mol. The summed E-state index contributed by atoms with van der Waals surface area (Å²) in [6.45, 7) is 12.2. The number of nitrogens with one attached hydrogen (secondary N) is 1. The van der Waals surface area contributed by atoms with Crippen molar-refractivity contribution in [2.75, 3.05) is 59.0 Å². The fourth-order valence-corrected chi connectivity index (χ4v) is 19.9. The largest absolute Gasteiger partial charge is 0.570 e. The van der Waals surface area contributed by atoms with Crippen LogP contribution in [0.5, 0.6) is 11.5 Å². The van der Waals surface area contributed by atoms with E-state index in [2.05, 4.69) is 138 Å². The van der Waals surface area contributed by atoms with Gasteiger partial charge >= 0.3 is 39.8 Å². The van der Waals surface area contributed by atoms with Gasteiger partial charge in [-0.25, -0.2) is 9.36 Å². The fraction of sp³-hybridized carbons (Fsp3) is 0.568. The number of thioether (sulfide) groups is 1. The van der Waals surface area contributed by atoms with E-state index in [1.54, 1.807) is 43.8 Å². The molecule has 1 heterocycles. The van der Waals surface area contributed by atoms with Gasteiger partial charge in [0.2, 0.25) is 11.7 Å². The maximum absolute atomic E-state index is 13.4. The van der Waals surface area contributed by atoms with Crippen LogP contribution < -0.4 is 26.3 Å². The van der Waals surface area contributed by atoms with Gasteiger partial charge in [-0.1, -0.05) is 379 Å². The van der Waals surface area contributed by atoms with Crippen molar-refractivity contribution in [3.63, 3.8) is 0 Å². The Bertz CT molecular complexity index is 5000. The van der Waals surface area contributed by atoms with Crippen molar-refractivity contribution < 1.29 is 115 Å². The number of quaternary nitrogens is 1. The second-order valence-corrected chi connectivity index (χ2v) is 42.4. The highest BCUT2D eigenvalue weighted by molar-refractivity contribution is 7.99. The zero-order valence-electron chi connectivity index (χ0n) is 89.6. The summed E-state index contributed by atoms with van der Waals surface area (Å²) >= 11 is 1.66. The summed E-state index contributed by atoms with van der Waals surface area (Å²) in [4.78, 5) is 112.